The molecule has 0 bridgehead atoms. The van der Waals surface area contributed by atoms with Crippen LogP contribution in [0, 0.1) is 6.92 Å². The molecule has 0 aliphatic rings. The Labute approximate surface area is 148 Å². The van der Waals surface area contributed by atoms with Crippen molar-refractivity contribution < 1.29 is 22.4 Å². The first-order valence-corrected chi connectivity index (χ1v) is 9.18. The van der Waals surface area contributed by atoms with Crippen LogP contribution in [0.3, 0.4) is 0 Å². The second kappa shape index (κ2) is 12.4. The molecule has 2 aromatic carbocycles. The summed E-state index contributed by atoms with van der Waals surface area (Å²) in [7, 11) is 6.24. The van der Waals surface area contributed by atoms with Crippen LogP contribution in [-0.4, -0.2) is 18.4 Å². The van der Waals surface area contributed by atoms with E-state index >= 15 is 0 Å². The Morgan fingerprint density at radius 2 is 1.59 bits per heavy atom. The van der Waals surface area contributed by atoms with Crippen molar-refractivity contribution in [3.05, 3.63) is 65.2 Å². The van der Waals surface area contributed by atoms with Crippen LogP contribution in [0.1, 0.15) is 36.5 Å². The van der Waals surface area contributed by atoms with E-state index in [9.17, 15) is 0 Å². The second-order valence-corrected chi connectivity index (χ2v) is 5.01. The Morgan fingerprint density at radius 1 is 1.05 bits per heavy atom. The van der Waals surface area contributed by atoms with Crippen molar-refractivity contribution in [3.63, 3.8) is 0 Å². The zero-order valence-corrected chi connectivity index (χ0v) is 15.9. The Hall–Kier alpha value is -1.18. The molecule has 0 unspecified atom stereocenters. The Morgan fingerprint density at radius 3 is 2.05 bits per heavy atom. The number of hydrogen-bond donors (Lipinski definition) is 1. The van der Waals surface area contributed by atoms with Crippen molar-refractivity contribution in [2.24, 2.45) is 4.99 Å². The van der Waals surface area contributed by atoms with Gasteiger partial charge in [-0.1, -0.05) is 55.8 Å². The number of aryl methyl sites for hydroxylation is 1. The number of phenolic OH excluding ortho intramolecular Hbond substituents is 1. The Bertz CT molecular complexity index is 553. The molecule has 0 fully saturated rings. The van der Waals surface area contributed by atoms with Gasteiger partial charge in [0.1, 0.15) is 5.75 Å². The molecule has 2 rings (SSSR count). The van der Waals surface area contributed by atoms with E-state index in [0.29, 0.717) is 5.92 Å². The molecule has 0 radical (unpaired) electrons. The molecule has 0 saturated carbocycles. The van der Waals surface area contributed by atoms with E-state index in [1.54, 1.807) is 25.4 Å². The molecule has 2 aromatic rings. The second-order valence-electron chi connectivity index (χ2n) is 5.01. The average Bonchev–Trinajstić information content (AvgIpc) is 2.53. The molecule has 0 atom stereocenters. The third-order valence-corrected chi connectivity index (χ3v) is 2.95. The monoisotopic (exact) mass is 406 g/mol. The molecule has 121 valence electrons. The number of phenols is 1. The molecule has 0 heterocycles. The van der Waals surface area contributed by atoms with E-state index in [1.807, 2.05) is 29.4 Å². The van der Waals surface area contributed by atoms with Gasteiger partial charge in [0.05, 0.1) is 0 Å². The van der Waals surface area contributed by atoms with Gasteiger partial charge in [-0.3, -0.25) is 4.99 Å². The number of rotatable bonds is 2. The van der Waals surface area contributed by atoms with Gasteiger partial charge >= 0.3 is 27.0 Å². The summed E-state index contributed by atoms with van der Waals surface area (Å²) in [4.78, 5) is 3.78. The zero-order chi connectivity index (χ0) is 17.0. The fourth-order valence-electron chi connectivity index (χ4n) is 1.69. The molecule has 4 heteroatoms. The summed E-state index contributed by atoms with van der Waals surface area (Å²) in [5.74, 6) is 0.925. The van der Waals surface area contributed by atoms with E-state index in [2.05, 4.69) is 59.7 Å². The number of aliphatic imine (C=N–C) groups is 1. The van der Waals surface area contributed by atoms with Crippen molar-refractivity contribution in [2.45, 2.75) is 26.7 Å². The van der Waals surface area contributed by atoms with Gasteiger partial charge in [-0.25, -0.2) is 0 Å². The van der Waals surface area contributed by atoms with Crippen LogP contribution in [0.25, 0.3) is 0 Å². The van der Waals surface area contributed by atoms with Crippen LogP contribution in [0.5, 0.6) is 5.75 Å². The van der Waals surface area contributed by atoms with Crippen LogP contribution in [-0.2, 0) is 17.3 Å². The van der Waals surface area contributed by atoms with Crippen molar-refractivity contribution in [1.82, 2.24) is 0 Å². The Kier molecular flexibility index (Phi) is 11.7. The normalized spacial score (nSPS) is 9.77. The fraction of sp³-hybridized carbons (Fsp3) is 0.278. The quantitative estimate of drug-likeness (QED) is 0.537. The molecule has 0 aliphatic carbocycles. The molecule has 0 amide bonds. The predicted octanol–water partition coefficient (Wildman–Crippen LogP) is 5.25. The van der Waals surface area contributed by atoms with Crippen LogP contribution < -0.4 is 0 Å². The maximum atomic E-state index is 9.15. The summed E-state index contributed by atoms with van der Waals surface area (Å²) >= 11 is 1.82. The molecular weight excluding hydrogens is 383 g/mol. The maximum absolute atomic E-state index is 9.15. The number of halogens is 1. The Balaban J connectivity index is 0.000000360. The van der Waals surface area contributed by atoms with Gasteiger partial charge in [0.25, 0.3) is 0 Å². The van der Waals surface area contributed by atoms with Gasteiger partial charge in [-0.15, -0.1) is 0 Å². The molecule has 0 spiro atoms. The number of aromatic hydroxyl groups is 1. The summed E-state index contributed by atoms with van der Waals surface area (Å²) in [5, 5.41) is 9.15. The minimum absolute atomic E-state index is 0.271. The van der Waals surface area contributed by atoms with Crippen molar-refractivity contribution >= 4 is 15.9 Å². The van der Waals surface area contributed by atoms with Crippen LogP contribution >= 0.6 is 9.69 Å². The molecular formula is C18H23ClNORu. The minimum atomic E-state index is 0.271. The average molecular weight is 406 g/mol. The van der Waals surface area contributed by atoms with Gasteiger partial charge in [-0.05, 0) is 30.5 Å². The van der Waals surface area contributed by atoms with E-state index < -0.39 is 0 Å². The first kappa shape index (κ1) is 20.8. The summed E-state index contributed by atoms with van der Waals surface area (Å²) in [5.41, 5.74) is 3.51. The van der Waals surface area contributed by atoms with Crippen LogP contribution in [0.2, 0.25) is 0 Å². The summed E-state index contributed by atoms with van der Waals surface area (Å²) in [6, 6.07) is 15.8. The molecule has 0 saturated heterocycles. The molecule has 0 aromatic heterocycles. The van der Waals surface area contributed by atoms with Gasteiger partial charge in [0, 0.05) is 18.8 Å². The van der Waals surface area contributed by atoms with E-state index in [-0.39, 0.29) is 5.75 Å². The first-order valence-electron chi connectivity index (χ1n) is 6.94. The number of nitrogens with zero attached hydrogens (tertiary/aromatic N) is 1. The third-order valence-electron chi connectivity index (χ3n) is 2.95. The van der Waals surface area contributed by atoms with Crippen molar-refractivity contribution in [1.29, 1.82) is 0 Å². The zero-order valence-electron chi connectivity index (χ0n) is 13.4. The molecule has 0 aliphatic heterocycles. The number of benzene rings is 2. The van der Waals surface area contributed by atoms with Gasteiger partial charge in [0.2, 0.25) is 0 Å². The topological polar surface area (TPSA) is 32.6 Å². The first-order chi connectivity index (χ1) is 10.5. The number of para-hydroxylation sites is 1. The van der Waals surface area contributed by atoms with E-state index in [4.69, 9.17) is 5.11 Å². The van der Waals surface area contributed by atoms with Crippen LogP contribution in [0.4, 0.5) is 0 Å². The van der Waals surface area contributed by atoms with E-state index in [1.165, 1.54) is 11.1 Å². The standard InChI is InChI=1S/C10H14.C8H9NO.ClH.Ru/c1-8(2)10-6-4-9(3)5-7-10;1-9-6-7-4-2-3-5-8(7)10;;/h4-8H,1-3H3;2-6,10H,1H3;1H;/q;;;+1/p-1. The molecule has 22 heavy (non-hydrogen) atoms. The summed E-state index contributed by atoms with van der Waals surface area (Å²) < 4.78 is 0. The van der Waals surface area contributed by atoms with Crippen LogP contribution in [0.15, 0.2) is 53.5 Å². The summed E-state index contributed by atoms with van der Waals surface area (Å²) in [6.45, 7) is 6.54. The predicted molar refractivity (Wildman–Crippen MR) is 92.7 cm³/mol. The van der Waals surface area contributed by atoms with Crippen molar-refractivity contribution in [3.8, 4) is 5.75 Å². The number of hydrogen-bond acceptors (Lipinski definition) is 2. The van der Waals surface area contributed by atoms with E-state index in [0.717, 1.165) is 5.56 Å². The van der Waals surface area contributed by atoms with Gasteiger partial charge in [-0.2, -0.15) is 0 Å². The third kappa shape index (κ3) is 8.31. The van der Waals surface area contributed by atoms with Crippen molar-refractivity contribution in [2.75, 3.05) is 7.05 Å². The molecule has 2 nitrogen and oxygen atoms in total. The molecule has 1 N–H and O–H groups in total. The SMILES string of the molecule is CN=Cc1ccccc1O.Cc1ccc(C(C)C)cc1.[Cl][Ru]. The van der Waals surface area contributed by atoms with Gasteiger partial charge in [0.15, 0.2) is 0 Å². The summed E-state index contributed by atoms with van der Waals surface area (Å²) in [6.07, 6.45) is 1.62. The van der Waals surface area contributed by atoms with Gasteiger partial charge < -0.3 is 5.11 Å². The fourth-order valence-corrected chi connectivity index (χ4v) is 1.69.